The minimum atomic E-state index is -0.233. The number of likely N-dealkylation sites (N-methyl/N-ethyl adjacent to an activating group) is 1. The van der Waals surface area contributed by atoms with Crippen LogP contribution in [0.25, 0.3) is 0 Å². The van der Waals surface area contributed by atoms with Gasteiger partial charge in [-0.2, -0.15) is 0 Å². The molecular formula is C15H32N4O2. The van der Waals surface area contributed by atoms with E-state index in [1.165, 1.54) is 7.11 Å². The number of methoxy groups -OCH3 is 1. The topological polar surface area (TPSA) is 48.1 Å². The van der Waals surface area contributed by atoms with Gasteiger partial charge in [0.05, 0.1) is 7.11 Å². The summed E-state index contributed by atoms with van der Waals surface area (Å²) in [6, 6.07) is 0.0406. The maximum absolute atomic E-state index is 11.8. The van der Waals surface area contributed by atoms with E-state index >= 15 is 0 Å². The number of esters is 1. The number of ether oxygens (including phenoxy) is 1. The summed E-state index contributed by atoms with van der Waals surface area (Å²) < 4.78 is 4.90. The highest BCUT2D eigenvalue weighted by Crippen LogP contribution is 2.04. The molecule has 0 saturated carbocycles. The smallest absolute Gasteiger partial charge is 0.324 e. The first kappa shape index (κ1) is 18.4. The molecule has 124 valence electrons. The average molecular weight is 300 g/mol. The number of rotatable bonds is 8. The zero-order valence-electron chi connectivity index (χ0n) is 14.3. The van der Waals surface area contributed by atoms with E-state index in [-0.39, 0.29) is 18.1 Å². The molecule has 0 aromatic carbocycles. The van der Waals surface area contributed by atoms with Gasteiger partial charge in [-0.25, -0.2) is 0 Å². The molecule has 1 N–H and O–H groups in total. The Balaban J connectivity index is 2.36. The lowest BCUT2D eigenvalue weighted by atomic mass is 10.2. The summed E-state index contributed by atoms with van der Waals surface area (Å²) in [6.45, 7) is 11.2. The molecule has 0 aliphatic carbocycles. The fourth-order valence-corrected chi connectivity index (χ4v) is 2.54. The largest absolute Gasteiger partial charge is 0.468 e. The summed E-state index contributed by atoms with van der Waals surface area (Å²) in [5.41, 5.74) is 0. The van der Waals surface area contributed by atoms with Crippen molar-refractivity contribution in [2.75, 3.05) is 67.0 Å². The van der Waals surface area contributed by atoms with Gasteiger partial charge < -0.3 is 15.0 Å². The second-order valence-electron chi connectivity index (χ2n) is 6.34. The third-order valence-electron chi connectivity index (χ3n) is 3.79. The SMILES string of the molecule is COC(=O)C(CN1CCN(CCN(C)C)CC1)NC(C)C. The van der Waals surface area contributed by atoms with Crippen LogP contribution in [0.2, 0.25) is 0 Å². The Morgan fingerprint density at radius 3 is 2.24 bits per heavy atom. The van der Waals surface area contributed by atoms with Crippen molar-refractivity contribution in [3.63, 3.8) is 0 Å². The van der Waals surface area contributed by atoms with Crippen molar-refractivity contribution < 1.29 is 9.53 Å². The van der Waals surface area contributed by atoms with E-state index in [9.17, 15) is 4.79 Å². The first-order chi connectivity index (χ1) is 9.92. The van der Waals surface area contributed by atoms with Gasteiger partial charge in [0.25, 0.3) is 0 Å². The Kier molecular flexibility index (Phi) is 8.18. The fourth-order valence-electron chi connectivity index (χ4n) is 2.54. The highest BCUT2D eigenvalue weighted by Gasteiger charge is 2.25. The third kappa shape index (κ3) is 7.22. The molecule has 0 amide bonds. The number of nitrogens with zero attached hydrogens (tertiary/aromatic N) is 3. The lowest BCUT2D eigenvalue weighted by Crippen LogP contribution is -2.54. The van der Waals surface area contributed by atoms with Crippen molar-refractivity contribution in [1.82, 2.24) is 20.0 Å². The maximum Gasteiger partial charge on any atom is 0.324 e. The van der Waals surface area contributed by atoms with Crippen LogP contribution in [0, 0.1) is 0 Å². The Morgan fingerprint density at radius 2 is 1.76 bits per heavy atom. The Hall–Kier alpha value is -0.690. The summed E-state index contributed by atoms with van der Waals surface area (Å²) in [6.07, 6.45) is 0. The van der Waals surface area contributed by atoms with E-state index in [4.69, 9.17) is 4.74 Å². The molecule has 0 bridgehead atoms. The van der Waals surface area contributed by atoms with Crippen molar-refractivity contribution >= 4 is 5.97 Å². The van der Waals surface area contributed by atoms with Crippen LogP contribution in [-0.2, 0) is 9.53 Å². The lowest BCUT2D eigenvalue weighted by molar-refractivity contribution is -0.144. The number of carbonyl (C=O) groups is 1. The molecule has 1 fully saturated rings. The molecule has 0 spiro atoms. The molecule has 1 aliphatic rings. The second-order valence-corrected chi connectivity index (χ2v) is 6.34. The molecule has 0 aromatic heterocycles. The molecule has 0 aromatic rings. The van der Waals surface area contributed by atoms with E-state index in [1.54, 1.807) is 0 Å². The van der Waals surface area contributed by atoms with Gasteiger partial charge in [0.15, 0.2) is 0 Å². The van der Waals surface area contributed by atoms with Crippen LogP contribution in [0.1, 0.15) is 13.8 Å². The molecule has 6 heteroatoms. The lowest BCUT2D eigenvalue weighted by Gasteiger charge is -2.36. The zero-order valence-corrected chi connectivity index (χ0v) is 14.3. The molecule has 0 radical (unpaired) electrons. The Bertz CT molecular complexity index is 302. The molecular weight excluding hydrogens is 268 g/mol. The van der Waals surface area contributed by atoms with Gasteiger partial charge in [-0.15, -0.1) is 0 Å². The summed E-state index contributed by atoms with van der Waals surface area (Å²) >= 11 is 0. The first-order valence-electron chi connectivity index (χ1n) is 7.85. The van der Waals surface area contributed by atoms with Crippen LogP contribution in [0.15, 0.2) is 0 Å². The number of nitrogens with one attached hydrogen (secondary N) is 1. The highest BCUT2D eigenvalue weighted by molar-refractivity contribution is 5.76. The fraction of sp³-hybridized carbons (Fsp3) is 0.933. The summed E-state index contributed by atoms with van der Waals surface area (Å²) in [5.74, 6) is -0.168. The quantitative estimate of drug-likeness (QED) is 0.622. The number of carbonyl (C=O) groups excluding carboxylic acids is 1. The van der Waals surface area contributed by atoms with Crippen molar-refractivity contribution in [3.8, 4) is 0 Å². The van der Waals surface area contributed by atoms with Gasteiger partial charge in [0, 0.05) is 51.9 Å². The summed E-state index contributed by atoms with van der Waals surface area (Å²) in [4.78, 5) is 18.9. The predicted octanol–water partition coefficient (Wildman–Crippen LogP) is -0.295. The van der Waals surface area contributed by atoms with Crippen LogP contribution in [-0.4, -0.2) is 99.8 Å². The molecule has 21 heavy (non-hydrogen) atoms. The zero-order chi connectivity index (χ0) is 15.8. The van der Waals surface area contributed by atoms with Gasteiger partial charge in [-0.3, -0.25) is 14.6 Å². The Morgan fingerprint density at radius 1 is 1.19 bits per heavy atom. The minimum Gasteiger partial charge on any atom is -0.468 e. The standard InChI is InChI=1S/C15H32N4O2/c1-13(2)16-14(15(20)21-5)12-19-10-8-18(9-11-19)7-6-17(3)4/h13-14,16H,6-12H2,1-5H3. The Labute approximate surface area is 129 Å². The maximum atomic E-state index is 11.8. The van der Waals surface area contributed by atoms with Gasteiger partial charge in [0.1, 0.15) is 6.04 Å². The van der Waals surface area contributed by atoms with Crippen LogP contribution in [0.5, 0.6) is 0 Å². The van der Waals surface area contributed by atoms with E-state index in [0.29, 0.717) is 0 Å². The van der Waals surface area contributed by atoms with Crippen molar-refractivity contribution in [1.29, 1.82) is 0 Å². The number of piperazine rings is 1. The van der Waals surface area contributed by atoms with Gasteiger partial charge in [-0.05, 0) is 14.1 Å². The van der Waals surface area contributed by atoms with Gasteiger partial charge >= 0.3 is 5.97 Å². The highest BCUT2D eigenvalue weighted by atomic mass is 16.5. The predicted molar refractivity (Wildman–Crippen MR) is 85.5 cm³/mol. The summed E-state index contributed by atoms with van der Waals surface area (Å²) in [7, 11) is 5.67. The molecule has 1 unspecified atom stereocenters. The minimum absolute atomic E-state index is 0.168. The molecule has 1 heterocycles. The second kappa shape index (κ2) is 9.35. The van der Waals surface area contributed by atoms with Crippen molar-refractivity contribution in [3.05, 3.63) is 0 Å². The van der Waals surface area contributed by atoms with E-state index in [2.05, 4.69) is 48.0 Å². The van der Waals surface area contributed by atoms with E-state index < -0.39 is 0 Å². The average Bonchev–Trinajstić information content (AvgIpc) is 2.44. The van der Waals surface area contributed by atoms with Crippen LogP contribution < -0.4 is 5.32 Å². The van der Waals surface area contributed by atoms with Crippen molar-refractivity contribution in [2.24, 2.45) is 0 Å². The van der Waals surface area contributed by atoms with Crippen LogP contribution in [0.3, 0.4) is 0 Å². The van der Waals surface area contributed by atoms with Gasteiger partial charge in [-0.1, -0.05) is 13.8 Å². The van der Waals surface area contributed by atoms with E-state index in [0.717, 1.165) is 45.8 Å². The van der Waals surface area contributed by atoms with E-state index in [1.807, 2.05) is 0 Å². The summed E-state index contributed by atoms with van der Waals surface area (Å²) in [5, 5.41) is 3.29. The van der Waals surface area contributed by atoms with Crippen LogP contribution >= 0.6 is 0 Å². The molecule has 1 saturated heterocycles. The third-order valence-corrected chi connectivity index (χ3v) is 3.79. The molecule has 1 rings (SSSR count). The molecule has 6 nitrogen and oxygen atoms in total. The molecule has 1 atom stereocenters. The number of hydrogen-bond acceptors (Lipinski definition) is 6. The van der Waals surface area contributed by atoms with Crippen LogP contribution in [0.4, 0.5) is 0 Å². The first-order valence-corrected chi connectivity index (χ1v) is 7.85. The van der Waals surface area contributed by atoms with Crippen molar-refractivity contribution in [2.45, 2.75) is 25.9 Å². The van der Waals surface area contributed by atoms with Gasteiger partial charge in [0.2, 0.25) is 0 Å². The molecule has 1 aliphatic heterocycles. The normalized spacial score (nSPS) is 19.2. The monoisotopic (exact) mass is 300 g/mol. The number of hydrogen-bond donors (Lipinski definition) is 1.